The highest BCUT2D eigenvalue weighted by Gasteiger charge is 2.16. The van der Waals surface area contributed by atoms with Crippen LogP contribution >= 0.6 is 11.3 Å². The van der Waals surface area contributed by atoms with Gasteiger partial charge in [-0.1, -0.05) is 109 Å². The SMILES string of the molecule is c1ccc(-c2nc(-c3ccccc3)nc(-c3ccc4c(c3)sc3cccc(-c5ccc6oc(-c7ccccc7)nc6c5)c34)n2)cc1. The Labute approximate surface area is 268 Å². The minimum absolute atomic E-state index is 0.628. The second kappa shape index (κ2) is 10.9. The molecule has 3 aromatic heterocycles. The van der Waals surface area contributed by atoms with Crippen molar-refractivity contribution in [3.05, 3.63) is 146 Å². The smallest absolute Gasteiger partial charge is 0.227 e. The van der Waals surface area contributed by atoms with E-state index < -0.39 is 0 Å². The van der Waals surface area contributed by atoms with Crippen molar-refractivity contribution >= 4 is 42.6 Å². The van der Waals surface area contributed by atoms with Crippen molar-refractivity contribution in [2.75, 3.05) is 0 Å². The van der Waals surface area contributed by atoms with E-state index in [1.54, 1.807) is 11.3 Å². The third-order valence-corrected chi connectivity index (χ3v) is 9.29. The Hall–Kier alpha value is -5.98. The highest BCUT2D eigenvalue weighted by molar-refractivity contribution is 7.26. The van der Waals surface area contributed by atoms with Crippen molar-refractivity contribution < 1.29 is 4.42 Å². The lowest BCUT2D eigenvalue weighted by atomic mass is 9.98. The van der Waals surface area contributed by atoms with Crippen LogP contribution in [0.5, 0.6) is 0 Å². The van der Waals surface area contributed by atoms with Gasteiger partial charge in [-0.3, -0.25) is 0 Å². The Kier molecular flexibility index (Phi) is 6.25. The Bertz CT molecular complexity index is 2470. The Morgan fingerprint density at radius 3 is 1.72 bits per heavy atom. The van der Waals surface area contributed by atoms with Crippen molar-refractivity contribution in [2.24, 2.45) is 0 Å². The first-order valence-electron chi connectivity index (χ1n) is 15.1. The molecule has 9 aromatic rings. The predicted octanol–water partition coefficient (Wildman–Crippen LogP) is 10.7. The number of nitrogens with zero attached hydrogens (tertiary/aromatic N) is 4. The highest BCUT2D eigenvalue weighted by atomic mass is 32.1. The molecule has 5 nitrogen and oxygen atoms in total. The number of oxazole rings is 1. The van der Waals surface area contributed by atoms with Crippen LogP contribution in [0.2, 0.25) is 0 Å². The molecule has 0 aliphatic rings. The van der Waals surface area contributed by atoms with Crippen LogP contribution in [0.3, 0.4) is 0 Å². The number of hydrogen-bond donors (Lipinski definition) is 0. The quantitative estimate of drug-likeness (QED) is 0.194. The predicted molar refractivity (Wildman–Crippen MR) is 187 cm³/mol. The summed E-state index contributed by atoms with van der Waals surface area (Å²) in [4.78, 5) is 19.6. The summed E-state index contributed by atoms with van der Waals surface area (Å²) in [6.45, 7) is 0. The zero-order chi connectivity index (χ0) is 30.5. The van der Waals surface area contributed by atoms with Crippen LogP contribution in [-0.4, -0.2) is 19.9 Å². The molecule has 0 aliphatic heterocycles. The molecular formula is C40H24N4OS. The first-order valence-corrected chi connectivity index (χ1v) is 15.9. The minimum atomic E-state index is 0.628. The maximum Gasteiger partial charge on any atom is 0.227 e. The molecule has 9 rings (SSSR count). The Morgan fingerprint density at radius 1 is 0.435 bits per heavy atom. The van der Waals surface area contributed by atoms with Crippen molar-refractivity contribution in [3.63, 3.8) is 0 Å². The fourth-order valence-electron chi connectivity index (χ4n) is 5.94. The van der Waals surface area contributed by atoms with E-state index >= 15 is 0 Å². The second-order valence-corrected chi connectivity index (χ2v) is 12.2. The van der Waals surface area contributed by atoms with Gasteiger partial charge < -0.3 is 4.42 Å². The molecule has 0 aliphatic carbocycles. The van der Waals surface area contributed by atoms with E-state index in [1.807, 2.05) is 97.1 Å². The van der Waals surface area contributed by atoms with Crippen LogP contribution in [0.25, 0.3) is 88.0 Å². The molecule has 0 fully saturated rings. The van der Waals surface area contributed by atoms with E-state index in [0.29, 0.717) is 23.4 Å². The van der Waals surface area contributed by atoms with Crippen LogP contribution in [0, 0.1) is 0 Å². The van der Waals surface area contributed by atoms with Crippen molar-refractivity contribution in [1.29, 1.82) is 0 Å². The average Bonchev–Trinajstić information content (AvgIpc) is 3.73. The minimum Gasteiger partial charge on any atom is -0.436 e. The topological polar surface area (TPSA) is 64.7 Å². The molecule has 46 heavy (non-hydrogen) atoms. The first-order chi connectivity index (χ1) is 22.8. The summed E-state index contributed by atoms with van der Waals surface area (Å²) < 4.78 is 8.49. The monoisotopic (exact) mass is 608 g/mol. The van der Waals surface area contributed by atoms with Gasteiger partial charge in [-0.05, 0) is 47.5 Å². The third-order valence-electron chi connectivity index (χ3n) is 8.17. The van der Waals surface area contributed by atoms with Crippen molar-refractivity contribution in [1.82, 2.24) is 19.9 Å². The lowest BCUT2D eigenvalue weighted by Crippen LogP contribution is -1.99. The fourth-order valence-corrected chi connectivity index (χ4v) is 7.11. The summed E-state index contributed by atoms with van der Waals surface area (Å²) in [7, 11) is 0. The molecule has 0 unspecified atom stereocenters. The zero-order valence-electron chi connectivity index (χ0n) is 24.5. The maximum absolute atomic E-state index is 6.09. The largest absolute Gasteiger partial charge is 0.436 e. The van der Waals surface area contributed by atoms with Crippen LogP contribution in [0.1, 0.15) is 0 Å². The molecule has 0 radical (unpaired) electrons. The van der Waals surface area contributed by atoms with E-state index in [0.717, 1.165) is 38.9 Å². The molecule has 0 saturated heterocycles. The summed E-state index contributed by atoms with van der Waals surface area (Å²) in [6, 6.07) is 49.4. The van der Waals surface area contributed by atoms with Gasteiger partial charge in [0.2, 0.25) is 5.89 Å². The summed E-state index contributed by atoms with van der Waals surface area (Å²) in [5.74, 6) is 2.59. The van der Waals surface area contributed by atoms with Gasteiger partial charge in [-0.25, -0.2) is 19.9 Å². The molecule has 6 aromatic carbocycles. The number of hydrogen-bond acceptors (Lipinski definition) is 6. The van der Waals surface area contributed by atoms with Gasteiger partial charge in [0.15, 0.2) is 23.1 Å². The van der Waals surface area contributed by atoms with E-state index in [1.165, 1.54) is 25.7 Å². The van der Waals surface area contributed by atoms with Gasteiger partial charge in [0.1, 0.15) is 5.52 Å². The zero-order valence-corrected chi connectivity index (χ0v) is 25.3. The normalized spacial score (nSPS) is 11.5. The van der Waals surface area contributed by atoms with Crippen LogP contribution in [-0.2, 0) is 0 Å². The molecule has 216 valence electrons. The molecule has 0 amide bonds. The third kappa shape index (κ3) is 4.64. The van der Waals surface area contributed by atoms with Crippen LogP contribution in [0.15, 0.2) is 150 Å². The molecular weight excluding hydrogens is 585 g/mol. The number of thiophene rings is 1. The molecule has 3 heterocycles. The van der Waals surface area contributed by atoms with Gasteiger partial charge in [-0.15, -0.1) is 11.3 Å². The van der Waals surface area contributed by atoms with Gasteiger partial charge in [0, 0.05) is 42.4 Å². The number of benzene rings is 6. The van der Waals surface area contributed by atoms with Gasteiger partial charge in [0.25, 0.3) is 0 Å². The van der Waals surface area contributed by atoms with Crippen LogP contribution < -0.4 is 0 Å². The maximum atomic E-state index is 6.09. The summed E-state index contributed by atoms with van der Waals surface area (Å²) in [6.07, 6.45) is 0. The molecule has 0 saturated carbocycles. The highest BCUT2D eigenvalue weighted by Crippen LogP contribution is 2.42. The van der Waals surface area contributed by atoms with Crippen LogP contribution in [0.4, 0.5) is 0 Å². The molecule has 0 spiro atoms. The number of rotatable bonds is 5. The van der Waals surface area contributed by atoms with Gasteiger partial charge in [0.05, 0.1) is 0 Å². The van der Waals surface area contributed by atoms with Gasteiger partial charge >= 0.3 is 0 Å². The van der Waals surface area contributed by atoms with Crippen molar-refractivity contribution in [2.45, 2.75) is 0 Å². The lowest BCUT2D eigenvalue weighted by molar-refractivity contribution is 0.620. The standard InChI is InChI=1S/C40H24N4OS/c1-4-11-25(12-5-1)37-42-38(26-13-6-2-7-14-26)44-39(43-37)29-19-21-31-35(24-29)46-34-18-10-17-30(36(31)34)28-20-22-33-32(23-28)41-40(45-33)27-15-8-3-9-16-27/h1-24H. The van der Waals surface area contributed by atoms with Gasteiger partial charge in [-0.2, -0.15) is 0 Å². The number of aromatic nitrogens is 4. The summed E-state index contributed by atoms with van der Waals surface area (Å²) in [5.41, 5.74) is 7.71. The lowest BCUT2D eigenvalue weighted by Gasteiger charge is -2.08. The molecule has 0 atom stereocenters. The summed E-state index contributed by atoms with van der Waals surface area (Å²) in [5, 5.41) is 2.43. The average molecular weight is 609 g/mol. The molecule has 0 bridgehead atoms. The summed E-state index contributed by atoms with van der Waals surface area (Å²) >= 11 is 1.78. The Balaban J connectivity index is 1.16. The molecule has 0 N–H and O–H groups in total. The van der Waals surface area contributed by atoms with E-state index in [2.05, 4.69) is 48.5 Å². The fraction of sp³-hybridized carbons (Fsp3) is 0. The molecule has 6 heteroatoms. The Morgan fingerprint density at radius 2 is 1.04 bits per heavy atom. The van der Waals surface area contributed by atoms with E-state index in [9.17, 15) is 0 Å². The number of fused-ring (bicyclic) bond motifs is 4. The first kappa shape index (κ1) is 26.4. The van der Waals surface area contributed by atoms with E-state index in [-0.39, 0.29) is 0 Å². The second-order valence-electron chi connectivity index (χ2n) is 11.1. The van der Waals surface area contributed by atoms with E-state index in [4.69, 9.17) is 24.4 Å². The van der Waals surface area contributed by atoms with Crippen molar-refractivity contribution in [3.8, 4) is 56.7 Å².